The normalized spacial score (nSPS) is 17.3. The molecule has 3 N–H and O–H groups in total. The number of hydrogen-bond acceptors (Lipinski definition) is 9. The van der Waals surface area contributed by atoms with Gasteiger partial charge in [0.2, 0.25) is 0 Å². The zero-order valence-corrected chi connectivity index (χ0v) is 15.4. The maximum Gasteiger partial charge on any atom is 0.325 e. The Bertz CT molecular complexity index is 1340. The summed E-state index contributed by atoms with van der Waals surface area (Å²) in [5.74, 6) is -3.36. The van der Waals surface area contributed by atoms with Crippen molar-refractivity contribution in [2.75, 3.05) is 18.0 Å². The molecule has 0 spiro atoms. The lowest BCUT2D eigenvalue weighted by Gasteiger charge is -2.17. The molecule has 0 radical (unpaired) electrons. The molecule has 1 saturated heterocycles. The summed E-state index contributed by atoms with van der Waals surface area (Å²) in [7, 11) is 0. The number of nitrogens with one attached hydrogen (secondary N) is 3. The third-order valence-electron chi connectivity index (χ3n) is 4.48. The summed E-state index contributed by atoms with van der Waals surface area (Å²) in [5.41, 5.74) is -2.38. The topological polar surface area (TPSA) is 174 Å². The fourth-order valence-electron chi connectivity index (χ4n) is 2.99. The Morgan fingerprint density at radius 2 is 1.97 bits per heavy atom. The van der Waals surface area contributed by atoms with Gasteiger partial charge in [-0.05, 0) is 6.07 Å². The second-order valence-electron chi connectivity index (χ2n) is 6.57. The summed E-state index contributed by atoms with van der Waals surface area (Å²) >= 11 is 0. The monoisotopic (exact) mass is 430 g/mol. The Balaban J connectivity index is 1.62. The minimum Gasteiger partial charge on any atom is -0.452 e. The second kappa shape index (κ2) is 7.44. The third-order valence-corrected chi connectivity index (χ3v) is 4.48. The predicted molar refractivity (Wildman–Crippen MR) is 99.9 cm³/mol. The Hall–Kier alpha value is -4.41. The molecule has 0 saturated carbocycles. The lowest BCUT2D eigenvalue weighted by atomic mass is 10.2. The highest BCUT2D eigenvalue weighted by Crippen LogP contribution is 2.32. The van der Waals surface area contributed by atoms with Crippen molar-refractivity contribution in [2.45, 2.75) is 12.0 Å². The van der Waals surface area contributed by atoms with E-state index in [0.717, 1.165) is 23.5 Å². The van der Waals surface area contributed by atoms with Crippen LogP contribution >= 0.6 is 0 Å². The zero-order valence-electron chi connectivity index (χ0n) is 15.4. The average Bonchev–Trinajstić information content (AvgIpc) is 3.03. The lowest BCUT2D eigenvalue weighted by Crippen LogP contribution is -2.36. The van der Waals surface area contributed by atoms with Crippen molar-refractivity contribution in [1.29, 1.82) is 5.26 Å². The summed E-state index contributed by atoms with van der Waals surface area (Å²) in [6.45, 7) is -1.23. The summed E-state index contributed by atoms with van der Waals surface area (Å²) < 4.78 is 34.3. The van der Waals surface area contributed by atoms with E-state index in [1.165, 1.54) is 6.07 Å². The SMILES string of the molecule is N#Cc1cnc(OC2CN(c3cc(-c4c[nH]c(=O)[nH]c4=O)n[nH]c3=O)CC2(F)F)nc1. The van der Waals surface area contributed by atoms with Gasteiger partial charge >= 0.3 is 17.6 Å². The Morgan fingerprint density at radius 3 is 2.65 bits per heavy atom. The van der Waals surface area contributed by atoms with Crippen LogP contribution in [0.25, 0.3) is 11.3 Å². The molecule has 4 rings (SSSR count). The first kappa shape index (κ1) is 19.9. The quantitative estimate of drug-likeness (QED) is 0.487. The van der Waals surface area contributed by atoms with Gasteiger partial charge in [-0.2, -0.15) is 10.4 Å². The molecule has 0 aromatic carbocycles. The maximum atomic E-state index is 14.5. The van der Waals surface area contributed by atoms with Gasteiger partial charge in [0.15, 0.2) is 6.10 Å². The Labute approximate surface area is 170 Å². The number of H-pyrrole nitrogens is 3. The van der Waals surface area contributed by atoms with E-state index in [2.05, 4.69) is 25.1 Å². The summed E-state index contributed by atoms with van der Waals surface area (Å²) in [5, 5.41) is 14.6. The molecule has 14 heteroatoms. The van der Waals surface area contributed by atoms with Crippen LogP contribution in [0.5, 0.6) is 6.01 Å². The Morgan fingerprint density at radius 1 is 1.23 bits per heavy atom. The number of halogens is 2. The minimum absolute atomic E-state index is 0.0322. The average molecular weight is 430 g/mol. The number of aromatic nitrogens is 6. The van der Waals surface area contributed by atoms with E-state index in [1.54, 1.807) is 6.07 Å². The first-order chi connectivity index (χ1) is 14.8. The molecule has 3 aromatic heterocycles. The van der Waals surface area contributed by atoms with Crippen LogP contribution < -0.4 is 26.4 Å². The van der Waals surface area contributed by atoms with Crippen molar-refractivity contribution >= 4 is 5.69 Å². The number of hydrogen-bond donors (Lipinski definition) is 3. The fraction of sp³-hybridized carbons (Fsp3) is 0.235. The van der Waals surface area contributed by atoms with Crippen LogP contribution in [0.2, 0.25) is 0 Å². The summed E-state index contributed by atoms with van der Waals surface area (Å²) in [6, 6.07) is 2.63. The van der Waals surface area contributed by atoms with Crippen LogP contribution in [0, 0.1) is 11.3 Å². The molecule has 31 heavy (non-hydrogen) atoms. The predicted octanol–water partition coefficient (Wildman–Crippen LogP) is -0.622. The summed E-state index contributed by atoms with van der Waals surface area (Å²) in [4.78, 5) is 48.2. The van der Waals surface area contributed by atoms with Crippen LogP contribution in [0.15, 0.2) is 39.0 Å². The minimum atomic E-state index is -3.36. The highest BCUT2D eigenvalue weighted by atomic mass is 19.3. The molecule has 4 heterocycles. The van der Waals surface area contributed by atoms with Crippen molar-refractivity contribution in [2.24, 2.45) is 0 Å². The first-order valence-electron chi connectivity index (χ1n) is 8.70. The molecule has 12 nitrogen and oxygen atoms in total. The summed E-state index contributed by atoms with van der Waals surface area (Å²) in [6.07, 6.45) is 1.69. The smallest absolute Gasteiger partial charge is 0.325 e. The number of nitriles is 1. The molecule has 1 atom stereocenters. The van der Waals surface area contributed by atoms with E-state index in [9.17, 15) is 23.2 Å². The Kier molecular flexibility index (Phi) is 4.78. The molecule has 0 amide bonds. The first-order valence-corrected chi connectivity index (χ1v) is 8.70. The standard InChI is InChI=1S/C17H12F2N8O4/c18-17(19)7-27(6-12(17)31-16-22-3-8(2-20)4-23-16)11-1-10(25-26-14(11)29)9-5-21-15(30)24-13(9)28/h1,3-5,12H,6-7H2,(H,26,29)(H2,21,24,28,30). The van der Waals surface area contributed by atoms with Crippen LogP contribution in [-0.2, 0) is 0 Å². The van der Waals surface area contributed by atoms with Crippen LogP contribution in [-0.4, -0.2) is 55.2 Å². The van der Waals surface area contributed by atoms with Gasteiger partial charge < -0.3 is 14.6 Å². The molecular weight excluding hydrogens is 418 g/mol. The van der Waals surface area contributed by atoms with Gasteiger partial charge in [0.05, 0.1) is 42.3 Å². The molecule has 1 fully saturated rings. The van der Waals surface area contributed by atoms with E-state index in [4.69, 9.17) is 10.00 Å². The highest BCUT2D eigenvalue weighted by molar-refractivity contribution is 5.62. The van der Waals surface area contributed by atoms with Crippen molar-refractivity contribution in [3.63, 3.8) is 0 Å². The van der Waals surface area contributed by atoms with Crippen LogP contribution in [0.1, 0.15) is 5.56 Å². The number of ether oxygens (including phenoxy) is 1. The van der Waals surface area contributed by atoms with Gasteiger partial charge in [-0.1, -0.05) is 0 Å². The number of aromatic amines is 3. The van der Waals surface area contributed by atoms with E-state index in [1.807, 2.05) is 4.98 Å². The number of anilines is 1. The van der Waals surface area contributed by atoms with Crippen molar-refractivity contribution in [3.8, 4) is 23.3 Å². The highest BCUT2D eigenvalue weighted by Gasteiger charge is 2.51. The van der Waals surface area contributed by atoms with E-state index >= 15 is 0 Å². The van der Waals surface area contributed by atoms with E-state index in [-0.39, 0.29) is 35.1 Å². The van der Waals surface area contributed by atoms with E-state index in [0.29, 0.717) is 0 Å². The van der Waals surface area contributed by atoms with Gasteiger partial charge in [-0.15, -0.1) is 0 Å². The number of rotatable bonds is 4. The van der Waals surface area contributed by atoms with Gasteiger partial charge in [-0.25, -0.2) is 28.6 Å². The largest absolute Gasteiger partial charge is 0.452 e. The molecule has 1 unspecified atom stereocenters. The maximum absolute atomic E-state index is 14.5. The van der Waals surface area contributed by atoms with Crippen molar-refractivity contribution in [3.05, 3.63) is 61.4 Å². The van der Waals surface area contributed by atoms with E-state index < -0.39 is 35.4 Å². The molecular formula is C17H12F2N8O4. The van der Waals surface area contributed by atoms with Gasteiger partial charge in [0, 0.05) is 6.20 Å². The van der Waals surface area contributed by atoms with Crippen LogP contribution in [0.4, 0.5) is 14.5 Å². The van der Waals surface area contributed by atoms with Crippen LogP contribution in [0.3, 0.4) is 0 Å². The van der Waals surface area contributed by atoms with Gasteiger partial charge in [0.1, 0.15) is 11.8 Å². The molecule has 0 bridgehead atoms. The second-order valence-corrected chi connectivity index (χ2v) is 6.57. The number of nitrogens with zero attached hydrogens (tertiary/aromatic N) is 5. The lowest BCUT2D eigenvalue weighted by molar-refractivity contribution is -0.0625. The molecule has 1 aliphatic heterocycles. The van der Waals surface area contributed by atoms with Crippen molar-refractivity contribution < 1.29 is 13.5 Å². The fourth-order valence-corrected chi connectivity index (χ4v) is 2.99. The zero-order chi connectivity index (χ0) is 22.2. The van der Waals surface area contributed by atoms with Gasteiger partial charge in [0.25, 0.3) is 11.1 Å². The third kappa shape index (κ3) is 3.88. The van der Waals surface area contributed by atoms with Crippen molar-refractivity contribution in [1.82, 2.24) is 30.1 Å². The van der Waals surface area contributed by atoms with Gasteiger partial charge in [-0.3, -0.25) is 14.6 Å². The molecule has 1 aliphatic rings. The molecule has 0 aliphatic carbocycles. The molecule has 3 aromatic rings. The number of alkyl halides is 2. The molecule has 158 valence electrons.